The number of ether oxygens (including phenoxy) is 2. The molecule has 0 atom stereocenters. The third-order valence-corrected chi connectivity index (χ3v) is 4.22. The molecule has 126 valence electrons. The number of hydrogen-bond donors (Lipinski definition) is 1. The minimum absolute atomic E-state index is 0.254. The molecule has 0 radical (unpaired) electrons. The Kier molecular flexibility index (Phi) is 4.71. The maximum atomic E-state index is 12.4. The molecule has 0 fully saturated rings. The molecule has 3 aromatic rings. The summed E-state index contributed by atoms with van der Waals surface area (Å²) >= 11 is 1.55. The fraction of sp³-hybridized carbons (Fsp3) is 0.294. The summed E-state index contributed by atoms with van der Waals surface area (Å²) in [6.07, 6.45) is 3.68. The zero-order chi connectivity index (χ0) is 17.1. The van der Waals surface area contributed by atoms with E-state index in [4.69, 9.17) is 9.47 Å². The Balaban J connectivity index is 1.79. The number of carbonyl (C=O) groups excluding carboxylic acids is 1. The van der Waals surface area contributed by atoms with Crippen LogP contribution in [0.4, 0.5) is 5.69 Å². The van der Waals surface area contributed by atoms with E-state index in [1.807, 2.05) is 31.4 Å². The van der Waals surface area contributed by atoms with Crippen molar-refractivity contribution in [3.63, 3.8) is 0 Å². The van der Waals surface area contributed by atoms with Crippen molar-refractivity contribution in [2.75, 3.05) is 18.5 Å². The van der Waals surface area contributed by atoms with Gasteiger partial charge in [-0.3, -0.25) is 9.20 Å². The number of amides is 1. The maximum absolute atomic E-state index is 12.4. The third-order valence-electron chi connectivity index (χ3n) is 3.31. The van der Waals surface area contributed by atoms with Crippen LogP contribution in [0.1, 0.15) is 29.2 Å². The predicted octanol–water partition coefficient (Wildman–Crippen LogP) is 3.75. The van der Waals surface area contributed by atoms with Crippen LogP contribution in [-0.2, 0) is 0 Å². The number of imidazole rings is 1. The first-order valence-electron chi connectivity index (χ1n) is 7.76. The van der Waals surface area contributed by atoms with E-state index in [-0.39, 0.29) is 5.91 Å². The van der Waals surface area contributed by atoms with Crippen molar-refractivity contribution in [3.05, 3.63) is 41.2 Å². The van der Waals surface area contributed by atoms with Gasteiger partial charge < -0.3 is 14.8 Å². The van der Waals surface area contributed by atoms with Crippen LogP contribution in [0.5, 0.6) is 11.5 Å². The van der Waals surface area contributed by atoms with Crippen molar-refractivity contribution in [1.29, 1.82) is 0 Å². The molecule has 0 unspecified atom stereocenters. The topological polar surface area (TPSA) is 64.9 Å². The molecule has 0 saturated heterocycles. The maximum Gasteiger partial charge on any atom is 0.275 e. The van der Waals surface area contributed by atoms with Crippen LogP contribution in [0.15, 0.2) is 30.6 Å². The van der Waals surface area contributed by atoms with E-state index in [1.165, 1.54) is 0 Å². The molecule has 1 aromatic carbocycles. The number of nitrogens with zero attached hydrogens (tertiary/aromatic N) is 2. The van der Waals surface area contributed by atoms with Gasteiger partial charge in [-0.05, 0) is 32.9 Å². The number of rotatable bonds is 6. The van der Waals surface area contributed by atoms with Crippen molar-refractivity contribution in [1.82, 2.24) is 9.38 Å². The van der Waals surface area contributed by atoms with Gasteiger partial charge in [-0.15, -0.1) is 11.3 Å². The fourth-order valence-electron chi connectivity index (χ4n) is 2.34. The summed E-state index contributed by atoms with van der Waals surface area (Å²) in [6, 6.07) is 5.34. The number of thiazole rings is 1. The Morgan fingerprint density at radius 1 is 1.21 bits per heavy atom. The zero-order valence-corrected chi connectivity index (χ0v) is 14.6. The SMILES string of the molecule is CCOc1ccc(NC(=O)c2cn3cc(C)sc3n2)cc1OCC. The van der Waals surface area contributed by atoms with Gasteiger partial charge in [0.05, 0.1) is 13.2 Å². The lowest BCUT2D eigenvalue weighted by Crippen LogP contribution is -2.12. The van der Waals surface area contributed by atoms with E-state index in [2.05, 4.69) is 10.3 Å². The molecule has 0 spiro atoms. The number of hydrogen-bond acceptors (Lipinski definition) is 5. The Morgan fingerprint density at radius 2 is 1.96 bits per heavy atom. The van der Waals surface area contributed by atoms with Crippen LogP contribution in [0, 0.1) is 6.92 Å². The predicted molar refractivity (Wildman–Crippen MR) is 94.5 cm³/mol. The third kappa shape index (κ3) is 3.35. The van der Waals surface area contributed by atoms with Gasteiger partial charge in [0.25, 0.3) is 5.91 Å². The van der Waals surface area contributed by atoms with Crippen LogP contribution >= 0.6 is 11.3 Å². The first-order valence-corrected chi connectivity index (χ1v) is 8.58. The standard InChI is InChI=1S/C17H19N3O3S/c1-4-22-14-7-6-12(8-15(14)23-5-2)18-16(21)13-10-20-9-11(3)24-17(20)19-13/h6-10H,4-5H2,1-3H3,(H,18,21). The molecule has 0 aliphatic carbocycles. The molecule has 0 bridgehead atoms. The van der Waals surface area contributed by atoms with Crippen LogP contribution in [0.2, 0.25) is 0 Å². The molecule has 6 nitrogen and oxygen atoms in total. The molecule has 2 heterocycles. The van der Waals surface area contributed by atoms with Gasteiger partial charge in [0.2, 0.25) is 0 Å². The number of anilines is 1. The van der Waals surface area contributed by atoms with Crippen molar-refractivity contribution in [2.24, 2.45) is 0 Å². The van der Waals surface area contributed by atoms with E-state index in [0.29, 0.717) is 36.1 Å². The number of aryl methyl sites for hydroxylation is 1. The molecule has 0 aliphatic heterocycles. The minimum Gasteiger partial charge on any atom is -0.490 e. The second-order valence-corrected chi connectivity index (χ2v) is 6.35. The Labute approximate surface area is 144 Å². The average molecular weight is 345 g/mol. The number of carbonyl (C=O) groups is 1. The molecule has 24 heavy (non-hydrogen) atoms. The van der Waals surface area contributed by atoms with Gasteiger partial charge in [-0.25, -0.2) is 4.98 Å². The molecule has 1 N–H and O–H groups in total. The minimum atomic E-state index is -0.254. The quantitative estimate of drug-likeness (QED) is 0.739. The lowest BCUT2D eigenvalue weighted by Gasteiger charge is -2.12. The van der Waals surface area contributed by atoms with Crippen molar-refractivity contribution < 1.29 is 14.3 Å². The van der Waals surface area contributed by atoms with E-state index in [0.717, 1.165) is 9.84 Å². The summed E-state index contributed by atoms with van der Waals surface area (Å²) in [6.45, 7) is 6.90. The Morgan fingerprint density at radius 3 is 2.67 bits per heavy atom. The lowest BCUT2D eigenvalue weighted by molar-refractivity contribution is 0.102. The summed E-state index contributed by atoms with van der Waals surface area (Å²) in [5.41, 5.74) is 1.02. The summed E-state index contributed by atoms with van der Waals surface area (Å²) < 4.78 is 13.0. The summed E-state index contributed by atoms with van der Waals surface area (Å²) in [5, 5.41) is 2.85. The molecule has 1 amide bonds. The van der Waals surface area contributed by atoms with E-state index in [9.17, 15) is 4.79 Å². The molecule has 2 aromatic heterocycles. The molecular formula is C17H19N3O3S. The number of benzene rings is 1. The molecule has 3 rings (SSSR count). The number of nitrogens with one attached hydrogen (secondary N) is 1. The molecular weight excluding hydrogens is 326 g/mol. The highest BCUT2D eigenvalue weighted by Gasteiger charge is 2.14. The first-order chi connectivity index (χ1) is 11.6. The number of fused-ring (bicyclic) bond motifs is 1. The zero-order valence-electron chi connectivity index (χ0n) is 13.8. The average Bonchev–Trinajstić information content (AvgIpc) is 3.07. The lowest BCUT2D eigenvalue weighted by atomic mass is 10.2. The Bertz CT molecular complexity index is 838. The summed E-state index contributed by atoms with van der Waals surface area (Å²) in [5.74, 6) is 1.02. The monoisotopic (exact) mass is 345 g/mol. The van der Waals surface area contributed by atoms with E-state index >= 15 is 0 Å². The van der Waals surface area contributed by atoms with E-state index in [1.54, 1.807) is 35.7 Å². The highest BCUT2D eigenvalue weighted by molar-refractivity contribution is 7.17. The molecule has 7 heteroatoms. The smallest absolute Gasteiger partial charge is 0.275 e. The van der Waals surface area contributed by atoms with Crippen LogP contribution < -0.4 is 14.8 Å². The second-order valence-electron chi connectivity index (χ2n) is 5.14. The normalized spacial score (nSPS) is 10.8. The first kappa shape index (κ1) is 16.3. The van der Waals surface area contributed by atoms with Crippen molar-refractivity contribution in [2.45, 2.75) is 20.8 Å². The van der Waals surface area contributed by atoms with Gasteiger partial charge in [-0.1, -0.05) is 0 Å². The van der Waals surface area contributed by atoms with Crippen LogP contribution in [-0.4, -0.2) is 28.5 Å². The van der Waals surface area contributed by atoms with Gasteiger partial charge in [-0.2, -0.15) is 0 Å². The second kappa shape index (κ2) is 6.92. The fourth-order valence-corrected chi connectivity index (χ4v) is 3.15. The summed E-state index contributed by atoms with van der Waals surface area (Å²) in [4.78, 5) is 18.7. The van der Waals surface area contributed by atoms with Gasteiger partial charge in [0.1, 0.15) is 5.69 Å². The van der Waals surface area contributed by atoms with Crippen molar-refractivity contribution >= 4 is 27.9 Å². The van der Waals surface area contributed by atoms with Gasteiger partial charge >= 0.3 is 0 Å². The Hall–Kier alpha value is -2.54. The molecule has 0 saturated carbocycles. The van der Waals surface area contributed by atoms with E-state index < -0.39 is 0 Å². The largest absolute Gasteiger partial charge is 0.490 e. The summed E-state index contributed by atoms with van der Waals surface area (Å²) in [7, 11) is 0. The van der Waals surface area contributed by atoms with Crippen LogP contribution in [0.3, 0.4) is 0 Å². The highest BCUT2D eigenvalue weighted by atomic mass is 32.1. The number of aromatic nitrogens is 2. The van der Waals surface area contributed by atoms with Gasteiger partial charge in [0.15, 0.2) is 16.5 Å². The highest BCUT2D eigenvalue weighted by Crippen LogP contribution is 2.30. The van der Waals surface area contributed by atoms with Gasteiger partial charge in [0, 0.05) is 29.0 Å². The molecule has 0 aliphatic rings. The van der Waals surface area contributed by atoms with Crippen LogP contribution in [0.25, 0.3) is 4.96 Å². The van der Waals surface area contributed by atoms with Crippen molar-refractivity contribution in [3.8, 4) is 11.5 Å².